The number of pyridine rings is 1. The Morgan fingerprint density at radius 3 is 2.65 bits per heavy atom. The molecule has 5 nitrogen and oxygen atoms in total. The Bertz CT molecular complexity index is 820. The van der Waals surface area contributed by atoms with Crippen LogP contribution in [-0.4, -0.2) is 23.8 Å². The zero-order chi connectivity index (χ0) is 19.1. The van der Waals surface area contributed by atoms with Gasteiger partial charge in [-0.1, -0.05) is 23.9 Å². The van der Waals surface area contributed by atoms with Gasteiger partial charge in [-0.05, 0) is 30.7 Å². The third-order valence-electron chi connectivity index (χ3n) is 3.39. The van der Waals surface area contributed by atoms with Crippen LogP contribution >= 0.6 is 11.8 Å². The molecule has 2 aromatic rings. The number of alkyl halides is 2. The monoisotopic (exact) mass is 377 g/mol. The van der Waals surface area contributed by atoms with Gasteiger partial charge >= 0.3 is 0 Å². The lowest BCUT2D eigenvalue weighted by Crippen LogP contribution is -2.14. The first-order valence-corrected chi connectivity index (χ1v) is 8.63. The standard InChI is InChI=1S/C18H17F2N3O2S/c1-11-7-13(9-25-2)15(8-21)18(22-11)26-10-16(24)23-14-5-3-12(4-6-14)17(19)20/h3-7,17H,9-10H2,1-2H3,(H,23,24). The molecule has 0 unspecified atom stereocenters. The van der Waals surface area contributed by atoms with Crippen molar-refractivity contribution in [3.8, 4) is 6.07 Å². The van der Waals surface area contributed by atoms with Crippen LogP contribution in [0.3, 0.4) is 0 Å². The van der Waals surface area contributed by atoms with Crippen LogP contribution in [-0.2, 0) is 16.1 Å². The molecule has 0 aliphatic rings. The molecule has 1 aromatic carbocycles. The van der Waals surface area contributed by atoms with Gasteiger partial charge in [-0.2, -0.15) is 5.26 Å². The molecule has 0 spiro atoms. The van der Waals surface area contributed by atoms with Gasteiger partial charge < -0.3 is 10.1 Å². The molecule has 26 heavy (non-hydrogen) atoms. The summed E-state index contributed by atoms with van der Waals surface area (Å²) in [6, 6.07) is 9.25. The van der Waals surface area contributed by atoms with Gasteiger partial charge in [0.15, 0.2) is 0 Å². The number of aryl methyl sites for hydroxylation is 1. The first-order chi connectivity index (χ1) is 12.4. The van der Waals surface area contributed by atoms with E-state index in [4.69, 9.17) is 4.74 Å². The van der Waals surface area contributed by atoms with Gasteiger partial charge in [0.2, 0.25) is 5.91 Å². The summed E-state index contributed by atoms with van der Waals surface area (Å²) in [6.07, 6.45) is -2.55. The van der Waals surface area contributed by atoms with E-state index in [1.165, 1.54) is 31.4 Å². The van der Waals surface area contributed by atoms with Crippen molar-refractivity contribution in [1.82, 2.24) is 4.98 Å². The van der Waals surface area contributed by atoms with Crippen molar-refractivity contribution in [2.45, 2.75) is 25.0 Å². The van der Waals surface area contributed by atoms with E-state index in [2.05, 4.69) is 16.4 Å². The minimum absolute atomic E-state index is 0.0359. The number of aromatic nitrogens is 1. The quantitative estimate of drug-likeness (QED) is 0.736. The number of benzene rings is 1. The summed E-state index contributed by atoms with van der Waals surface area (Å²) in [5.41, 5.74) is 2.15. The number of anilines is 1. The highest BCUT2D eigenvalue weighted by Crippen LogP contribution is 2.25. The number of hydrogen-bond acceptors (Lipinski definition) is 5. The topological polar surface area (TPSA) is 75.0 Å². The molecule has 0 atom stereocenters. The Hall–Kier alpha value is -2.50. The maximum atomic E-state index is 12.5. The van der Waals surface area contributed by atoms with Crippen LogP contribution in [0.25, 0.3) is 0 Å². The molecule has 8 heteroatoms. The number of carbonyl (C=O) groups is 1. The number of ether oxygens (including phenoxy) is 1. The number of nitriles is 1. The molecular formula is C18H17F2N3O2S. The second-order valence-electron chi connectivity index (χ2n) is 5.41. The summed E-state index contributed by atoms with van der Waals surface area (Å²) in [5, 5.41) is 12.5. The second-order valence-corrected chi connectivity index (χ2v) is 6.37. The number of rotatable bonds is 7. The van der Waals surface area contributed by atoms with Gasteiger partial charge in [0.25, 0.3) is 6.43 Å². The maximum absolute atomic E-state index is 12.5. The Labute approximate surface area is 154 Å². The summed E-state index contributed by atoms with van der Waals surface area (Å²) in [7, 11) is 1.54. The van der Waals surface area contributed by atoms with Crippen LogP contribution in [0.5, 0.6) is 0 Å². The van der Waals surface area contributed by atoms with E-state index in [1.54, 1.807) is 13.0 Å². The molecular weight excluding hydrogens is 360 g/mol. The van der Waals surface area contributed by atoms with Crippen molar-refractivity contribution in [2.24, 2.45) is 0 Å². The van der Waals surface area contributed by atoms with Gasteiger partial charge in [-0.3, -0.25) is 4.79 Å². The number of hydrogen-bond donors (Lipinski definition) is 1. The smallest absolute Gasteiger partial charge is 0.263 e. The highest BCUT2D eigenvalue weighted by Gasteiger charge is 2.14. The lowest BCUT2D eigenvalue weighted by Gasteiger charge is -2.10. The number of carbonyl (C=O) groups excluding carboxylic acids is 1. The van der Waals surface area contributed by atoms with Crippen molar-refractivity contribution in [3.05, 3.63) is 52.7 Å². The van der Waals surface area contributed by atoms with Gasteiger partial charge in [0.05, 0.1) is 17.9 Å². The van der Waals surface area contributed by atoms with E-state index in [0.717, 1.165) is 17.5 Å². The first kappa shape index (κ1) is 19.8. The molecule has 136 valence electrons. The zero-order valence-electron chi connectivity index (χ0n) is 14.3. The SMILES string of the molecule is COCc1cc(C)nc(SCC(=O)Nc2ccc(C(F)F)cc2)c1C#N. The lowest BCUT2D eigenvalue weighted by atomic mass is 10.1. The Kier molecular flexibility index (Phi) is 7.06. The summed E-state index contributed by atoms with van der Waals surface area (Å²) in [6.45, 7) is 2.08. The van der Waals surface area contributed by atoms with Crippen molar-refractivity contribution >= 4 is 23.4 Å². The van der Waals surface area contributed by atoms with E-state index < -0.39 is 6.43 Å². The van der Waals surface area contributed by atoms with E-state index in [0.29, 0.717) is 21.8 Å². The van der Waals surface area contributed by atoms with Crippen LogP contribution in [0.1, 0.15) is 28.8 Å². The fraction of sp³-hybridized carbons (Fsp3) is 0.278. The molecule has 0 bridgehead atoms. The van der Waals surface area contributed by atoms with Gasteiger partial charge in [-0.25, -0.2) is 13.8 Å². The molecule has 0 radical (unpaired) electrons. The highest BCUT2D eigenvalue weighted by molar-refractivity contribution is 8.00. The van der Waals surface area contributed by atoms with E-state index in [1.807, 2.05) is 0 Å². The summed E-state index contributed by atoms with van der Waals surface area (Å²) in [5.74, 6) is -0.283. The van der Waals surface area contributed by atoms with Crippen LogP contribution in [0.4, 0.5) is 14.5 Å². The fourth-order valence-electron chi connectivity index (χ4n) is 2.25. The van der Waals surface area contributed by atoms with Crippen LogP contribution in [0, 0.1) is 18.3 Å². The number of nitrogens with one attached hydrogen (secondary N) is 1. The maximum Gasteiger partial charge on any atom is 0.263 e. The molecule has 0 saturated heterocycles. The van der Waals surface area contributed by atoms with E-state index in [-0.39, 0.29) is 23.8 Å². The average molecular weight is 377 g/mol. The minimum atomic E-state index is -2.55. The van der Waals surface area contributed by atoms with Gasteiger partial charge in [0.1, 0.15) is 11.1 Å². The Morgan fingerprint density at radius 1 is 1.38 bits per heavy atom. The van der Waals surface area contributed by atoms with E-state index >= 15 is 0 Å². The zero-order valence-corrected chi connectivity index (χ0v) is 15.1. The molecule has 1 amide bonds. The Morgan fingerprint density at radius 2 is 2.08 bits per heavy atom. The van der Waals surface area contributed by atoms with Gasteiger partial charge in [0, 0.05) is 24.1 Å². The van der Waals surface area contributed by atoms with Crippen LogP contribution in [0.2, 0.25) is 0 Å². The predicted octanol–water partition coefficient (Wildman–Crippen LogP) is 4.08. The Balaban J connectivity index is 2.04. The largest absolute Gasteiger partial charge is 0.380 e. The first-order valence-electron chi connectivity index (χ1n) is 7.65. The predicted molar refractivity (Wildman–Crippen MR) is 95.2 cm³/mol. The molecule has 0 aliphatic heterocycles. The van der Waals surface area contributed by atoms with Crippen molar-refractivity contribution in [3.63, 3.8) is 0 Å². The minimum Gasteiger partial charge on any atom is -0.380 e. The third-order valence-corrected chi connectivity index (χ3v) is 4.37. The number of nitrogens with zero attached hydrogens (tertiary/aromatic N) is 2. The second kappa shape index (κ2) is 9.27. The summed E-state index contributed by atoms with van der Waals surface area (Å²) < 4.78 is 30.1. The van der Waals surface area contributed by atoms with Crippen LogP contribution < -0.4 is 5.32 Å². The molecule has 1 heterocycles. The number of halogens is 2. The average Bonchev–Trinajstić information content (AvgIpc) is 2.60. The molecule has 1 N–H and O–H groups in total. The van der Waals surface area contributed by atoms with Crippen molar-refractivity contribution in [1.29, 1.82) is 5.26 Å². The molecule has 0 saturated carbocycles. The number of methoxy groups -OCH3 is 1. The van der Waals surface area contributed by atoms with Gasteiger partial charge in [-0.15, -0.1) is 0 Å². The van der Waals surface area contributed by atoms with Crippen molar-refractivity contribution < 1.29 is 18.3 Å². The summed E-state index contributed by atoms with van der Waals surface area (Å²) >= 11 is 1.14. The fourth-order valence-corrected chi connectivity index (χ4v) is 3.12. The van der Waals surface area contributed by atoms with Crippen molar-refractivity contribution in [2.75, 3.05) is 18.2 Å². The third kappa shape index (κ3) is 5.25. The molecule has 1 aromatic heterocycles. The molecule has 2 rings (SSSR count). The van der Waals surface area contributed by atoms with E-state index in [9.17, 15) is 18.8 Å². The number of amides is 1. The normalized spacial score (nSPS) is 10.6. The molecule has 0 fully saturated rings. The number of thioether (sulfide) groups is 1. The highest BCUT2D eigenvalue weighted by atomic mass is 32.2. The molecule has 0 aliphatic carbocycles. The summed E-state index contributed by atoms with van der Waals surface area (Å²) in [4.78, 5) is 16.4. The van der Waals surface area contributed by atoms with Crippen LogP contribution in [0.15, 0.2) is 35.4 Å². The lowest BCUT2D eigenvalue weighted by molar-refractivity contribution is -0.113.